The maximum absolute atomic E-state index is 5.59. The van der Waals surface area contributed by atoms with Crippen molar-refractivity contribution in [2.24, 2.45) is 0 Å². The lowest BCUT2D eigenvalue weighted by atomic mass is 9.92. The highest BCUT2D eigenvalue weighted by molar-refractivity contribution is 5.32. The van der Waals surface area contributed by atoms with Crippen LogP contribution in [0.25, 0.3) is 0 Å². The largest absolute Gasteiger partial charge is 0.370 e. The van der Waals surface area contributed by atoms with Gasteiger partial charge in [-0.05, 0) is 28.5 Å². The lowest BCUT2D eigenvalue weighted by Crippen LogP contribution is -3.20. The van der Waals surface area contributed by atoms with Crippen molar-refractivity contribution < 1.29 is 9.64 Å². The molecule has 0 bridgehead atoms. The first-order valence-corrected chi connectivity index (χ1v) is 10.0. The average molecular weight is 379 g/mol. The van der Waals surface area contributed by atoms with Gasteiger partial charge in [-0.25, -0.2) is 4.68 Å². The smallest absolute Gasteiger partial charge is 0.213 e. The van der Waals surface area contributed by atoms with Crippen LogP contribution in [0, 0.1) is 0 Å². The third kappa shape index (κ3) is 3.45. The number of quaternary nitrogens is 1. The molecule has 146 valence electrons. The Morgan fingerprint density at radius 1 is 1.00 bits per heavy atom. The third-order valence-corrected chi connectivity index (χ3v) is 6.05. The Bertz CT molecular complexity index is 837. The van der Waals surface area contributed by atoms with E-state index in [9.17, 15) is 0 Å². The SMILES string of the molecule is CC[C@](C)(c1nnnn1C(c1ccccc1)c1ccccc1)[NH+]1CCOCC1. The molecular weight excluding hydrogens is 350 g/mol. The van der Waals surface area contributed by atoms with E-state index in [0.29, 0.717) is 0 Å². The van der Waals surface area contributed by atoms with Crippen LogP contribution >= 0.6 is 0 Å². The van der Waals surface area contributed by atoms with Crippen LogP contribution in [0.1, 0.15) is 43.3 Å². The van der Waals surface area contributed by atoms with Crippen molar-refractivity contribution in [3.05, 3.63) is 77.6 Å². The standard InChI is InChI=1S/C22H27N5O/c1-3-22(2,26-14-16-28-17-15-26)21-23-24-25-27(21)20(18-10-6-4-7-11-18)19-12-8-5-9-13-19/h4-13,20H,3,14-17H2,1-2H3/p+1/t22-/m1/s1. The number of rotatable bonds is 6. The van der Waals surface area contributed by atoms with Crippen LogP contribution in [-0.4, -0.2) is 46.5 Å². The van der Waals surface area contributed by atoms with E-state index >= 15 is 0 Å². The molecule has 0 radical (unpaired) electrons. The molecule has 6 heteroatoms. The molecule has 1 aliphatic heterocycles. The minimum atomic E-state index is -0.172. The summed E-state index contributed by atoms with van der Waals surface area (Å²) >= 11 is 0. The van der Waals surface area contributed by atoms with Crippen LogP contribution in [0.3, 0.4) is 0 Å². The van der Waals surface area contributed by atoms with E-state index in [2.05, 4.69) is 77.9 Å². The minimum absolute atomic E-state index is 0.0567. The van der Waals surface area contributed by atoms with Crippen molar-refractivity contribution in [1.82, 2.24) is 20.2 Å². The van der Waals surface area contributed by atoms with Crippen molar-refractivity contribution in [2.45, 2.75) is 31.8 Å². The summed E-state index contributed by atoms with van der Waals surface area (Å²) in [5.74, 6) is 0.935. The Kier molecular flexibility index (Phi) is 5.50. The molecular formula is C22H28N5O+. The molecule has 0 amide bonds. The first kappa shape index (κ1) is 18.8. The molecule has 2 heterocycles. The molecule has 1 aromatic heterocycles. The number of hydrogen-bond acceptors (Lipinski definition) is 4. The van der Waals surface area contributed by atoms with E-state index in [0.717, 1.165) is 38.5 Å². The Hall–Kier alpha value is -2.57. The molecule has 0 saturated carbocycles. The normalized spacial score (nSPS) is 17.5. The molecule has 1 fully saturated rings. The summed E-state index contributed by atoms with van der Waals surface area (Å²) < 4.78 is 7.62. The second kappa shape index (κ2) is 8.20. The topological polar surface area (TPSA) is 57.3 Å². The summed E-state index contributed by atoms with van der Waals surface area (Å²) in [4.78, 5) is 1.48. The first-order chi connectivity index (χ1) is 13.7. The average Bonchev–Trinajstić information content (AvgIpc) is 3.25. The van der Waals surface area contributed by atoms with Crippen LogP contribution in [-0.2, 0) is 10.3 Å². The van der Waals surface area contributed by atoms with Crippen molar-refractivity contribution in [1.29, 1.82) is 0 Å². The second-order valence-electron chi connectivity index (χ2n) is 7.57. The van der Waals surface area contributed by atoms with Gasteiger partial charge in [0.2, 0.25) is 5.82 Å². The van der Waals surface area contributed by atoms with Gasteiger partial charge in [0.05, 0.1) is 13.2 Å². The molecule has 6 nitrogen and oxygen atoms in total. The predicted octanol–water partition coefficient (Wildman–Crippen LogP) is 1.85. The molecule has 0 unspecified atom stereocenters. The monoisotopic (exact) mass is 378 g/mol. The van der Waals surface area contributed by atoms with Crippen LogP contribution in [0.5, 0.6) is 0 Å². The Morgan fingerprint density at radius 2 is 1.57 bits per heavy atom. The lowest BCUT2D eigenvalue weighted by Gasteiger charge is -2.39. The zero-order chi connectivity index (χ0) is 19.4. The highest BCUT2D eigenvalue weighted by Crippen LogP contribution is 2.30. The fourth-order valence-corrected chi connectivity index (χ4v) is 4.21. The third-order valence-electron chi connectivity index (χ3n) is 6.05. The second-order valence-corrected chi connectivity index (χ2v) is 7.57. The van der Waals surface area contributed by atoms with Gasteiger partial charge in [0.15, 0.2) is 5.54 Å². The molecule has 4 rings (SSSR count). The highest BCUT2D eigenvalue weighted by atomic mass is 16.5. The van der Waals surface area contributed by atoms with E-state index in [4.69, 9.17) is 4.74 Å². The number of aromatic nitrogens is 4. The lowest BCUT2D eigenvalue weighted by molar-refractivity contribution is -0.967. The summed E-state index contributed by atoms with van der Waals surface area (Å²) in [6, 6.07) is 20.9. The Labute approximate surface area is 166 Å². The van der Waals surface area contributed by atoms with Gasteiger partial charge in [-0.2, -0.15) is 0 Å². The molecule has 0 aliphatic carbocycles. The fraction of sp³-hybridized carbons (Fsp3) is 0.409. The van der Waals surface area contributed by atoms with Gasteiger partial charge in [-0.3, -0.25) is 0 Å². The minimum Gasteiger partial charge on any atom is -0.370 e. The maximum Gasteiger partial charge on any atom is 0.213 e. The molecule has 1 N–H and O–H groups in total. The molecule has 1 atom stereocenters. The van der Waals surface area contributed by atoms with Gasteiger partial charge in [0, 0.05) is 6.42 Å². The number of morpholine rings is 1. The summed E-state index contributed by atoms with van der Waals surface area (Å²) in [5, 5.41) is 13.2. The van der Waals surface area contributed by atoms with Crippen LogP contribution in [0.4, 0.5) is 0 Å². The van der Waals surface area contributed by atoms with Gasteiger partial charge < -0.3 is 9.64 Å². The van der Waals surface area contributed by atoms with E-state index in [1.165, 1.54) is 16.0 Å². The Morgan fingerprint density at radius 3 is 2.11 bits per heavy atom. The van der Waals surface area contributed by atoms with Gasteiger partial charge in [-0.1, -0.05) is 67.6 Å². The fourth-order valence-electron chi connectivity index (χ4n) is 4.21. The number of ether oxygens (including phenoxy) is 1. The predicted molar refractivity (Wildman–Crippen MR) is 107 cm³/mol. The van der Waals surface area contributed by atoms with Crippen molar-refractivity contribution in [3.8, 4) is 0 Å². The zero-order valence-electron chi connectivity index (χ0n) is 16.6. The van der Waals surface area contributed by atoms with Crippen molar-refractivity contribution in [2.75, 3.05) is 26.3 Å². The van der Waals surface area contributed by atoms with E-state index in [1.54, 1.807) is 0 Å². The maximum atomic E-state index is 5.59. The molecule has 3 aromatic rings. The van der Waals surface area contributed by atoms with E-state index in [-0.39, 0.29) is 11.6 Å². The number of nitrogens with zero attached hydrogens (tertiary/aromatic N) is 4. The quantitative estimate of drug-likeness (QED) is 0.711. The van der Waals surface area contributed by atoms with Gasteiger partial charge in [-0.15, -0.1) is 5.10 Å². The first-order valence-electron chi connectivity index (χ1n) is 10.0. The van der Waals surface area contributed by atoms with E-state index in [1.807, 2.05) is 16.8 Å². The van der Waals surface area contributed by atoms with Crippen molar-refractivity contribution in [3.63, 3.8) is 0 Å². The summed E-state index contributed by atoms with van der Waals surface area (Å²) in [5.41, 5.74) is 2.19. The van der Waals surface area contributed by atoms with Crippen LogP contribution in [0.15, 0.2) is 60.7 Å². The zero-order valence-corrected chi connectivity index (χ0v) is 16.6. The van der Waals surface area contributed by atoms with Crippen LogP contribution < -0.4 is 4.90 Å². The Balaban J connectivity index is 1.82. The van der Waals surface area contributed by atoms with E-state index < -0.39 is 0 Å². The summed E-state index contributed by atoms with van der Waals surface area (Å²) in [6.45, 7) is 8.02. The summed E-state index contributed by atoms with van der Waals surface area (Å²) in [6.07, 6.45) is 0.957. The molecule has 1 saturated heterocycles. The number of nitrogens with one attached hydrogen (secondary N) is 1. The van der Waals surface area contributed by atoms with Crippen LogP contribution in [0.2, 0.25) is 0 Å². The number of hydrogen-bond donors (Lipinski definition) is 1. The van der Waals surface area contributed by atoms with Gasteiger partial charge in [0.25, 0.3) is 0 Å². The molecule has 28 heavy (non-hydrogen) atoms. The highest BCUT2D eigenvalue weighted by Gasteiger charge is 2.43. The molecule has 1 aliphatic rings. The van der Waals surface area contributed by atoms with Crippen molar-refractivity contribution >= 4 is 0 Å². The molecule has 0 spiro atoms. The van der Waals surface area contributed by atoms with Gasteiger partial charge >= 0.3 is 0 Å². The summed E-state index contributed by atoms with van der Waals surface area (Å²) in [7, 11) is 0. The number of tetrazole rings is 1. The molecule has 2 aromatic carbocycles. The number of benzene rings is 2. The van der Waals surface area contributed by atoms with Gasteiger partial charge in [0.1, 0.15) is 19.1 Å².